The van der Waals surface area contributed by atoms with E-state index in [2.05, 4.69) is 15.2 Å². The largest absolute Gasteiger partial charge is 0.389 e. The lowest BCUT2D eigenvalue weighted by molar-refractivity contribution is -0.148. The van der Waals surface area contributed by atoms with E-state index in [9.17, 15) is 33.4 Å². The molecule has 2 aromatic rings. The molecule has 2 unspecified atom stereocenters. The van der Waals surface area contributed by atoms with Crippen LogP contribution in [-0.4, -0.2) is 56.0 Å². The first-order chi connectivity index (χ1) is 16.7. The van der Waals surface area contributed by atoms with E-state index in [-0.39, 0.29) is 22.2 Å². The van der Waals surface area contributed by atoms with Crippen LogP contribution in [0.25, 0.3) is 5.69 Å². The van der Waals surface area contributed by atoms with Gasteiger partial charge in [-0.15, -0.1) is 0 Å². The molecule has 0 radical (unpaired) electrons. The summed E-state index contributed by atoms with van der Waals surface area (Å²) >= 11 is 6.19. The van der Waals surface area contributed by atoms with Crippen LogP contribution >= 0.6 is 11.6 Å². The minimum absolute atomic E-state index is 0.0198. The Morgan fingerprint density at radius 1 is 1.20 bits per heavy atom. The van der Waals surface area contributed by atoms with Gasteiger partial charge in [0.1, 0.15) is 12.4 Å². The monoisotopic (exact) mass is 516 g/mol. The molecule has 13 heteroatoms. The number of alkyl halides is 2. The molecule has 35 heavy (non-hydrogen) atoms. The number of ether oxygens (including phenoxy) is 1. The molecule has 1 aromatic carbocycles. The molecule has 0 aliphatic heterocycles. The SMILES string of the molecule is O=C(NC(O)C1CCCCCC1)c1cc(-n2ncc(=O)n(CC(O)COC(F)F)c2=O)ccc1Cl. The van der Waals surface area contributed by atoms with E-state index in [1.807, 2.05) is 0 Å². The molecule has 1 aromatic heterocycles. The van der Waals surface area contributed by atoms with Crippen LogP contribution in [0.5, 0.6) is 0 Å². The highest BCUT2D eigenvalue weighted by atomic mass is 35.5. The van der Waals surface area contributed by atoms with Crippen LogP contribution in [0.3, 0.4) is 0 Å². The molecule has 2 atom stereocenters. The number of aromatic nitrogens is 3. The molecule has 10 nitrogen and oxygen atoms in total. The molecule has 1 heterocycles. The van der Waals surface area contributed by atoms with Gasteiger partial charge in [0.25, 0.3) is 11.5 Å². The Kier molecular flexibility index (Phi) is 9.49. The number of amides is 1. The number of nitrogens with one attached hydrogen (secondary N) is 1. The van der Waals surface area contributed by atoms with E-state index in [4.69, 9.17) is 11.6 Å². The molecular weight excluding hydrogens is 490 g/mol. The third-order valence-corrected chi connectivity index (χ3v) is 6.16. The number of nitrogens with zero attached hydrogens (tertiary/aromatic N) is 3. The smallest absolute Gasteiger partial charge is 0.352 e. The van der Waals surface area contributed by atoms with Crippen molar-refractivity contribution in [3.63, 3.8) is 0 Å². The highest BCUT2D eigenvalue weighted by Gasteiger charge is 2.24. The van der Waals surface area contributed by atoms with Gasteiger partial charge in [0.15, 0.2) is 0 Å². The van der Waals surface area contributed by atoms with Crippen LogP contribution in [0.4, 0.5) is 8.78 Å². The Morgan fingerprint density at radius 2 is 1.89 bits per heavy atom. The topological polar surface area (TPSA) is 136 Å². The van der Waals surface area contributed by atoms with Crippen molar-refractivity contribution < 1.29 is 28.5 Å². The van der Waals surface area contributed by atoms with Crippen molar-refractivity contribution in [2.45, 2.75) is 64.0 Å². The third-order valence-electron chi connectivity index (χ3n) is 5.83. The number of benzene rings is 1. The normalized spacial score (nSPS) is 16.6. The lowest BCUT2D eigenvalue weighted by Gasteiger charge is -2.22. The molecule has 1 saturated carbocycles. The second kappa shape index (κ2) is 12.3. The zero-order valence-electron chi connectivity index (χ0n) is 18.8. The first-order valence-corrected chi connectivity index (χ1v) is 11.6. The molecule has 0 saturated heterocycles. The molecule has 3 N–H and O–H groups in total. The van der Waals surface area contributed by atoms with Gasteiger partial charge in [-0.2, -0.15) is 18.6 Å². The summed E-state index contributed by atoms with van der Waals surface area (Å²) in [5, 5.41) is 26.8. The van der Waals surface area contributed by atoms with Crippen LogP contribution in [-0.2, 0) is 11.3 Å². The van der Waals surface area contributed by atoms with Gasteiger partial charge in [-0.3, -0.25) is 14.2 Å². The Labute approximate surface area is 204 Å². The van der Waals surface area contributed by atoms with E-state index >= 15 is 0 Å². The second-order valence-electron chi connectivity index (χ2n) is 8.37. The number of aliphatic hydroxyl groups excluding tert-OH is 2. The van der Waals surface area contributed by atoms with Crippen molar-refractivity contribution in [2.75, 3.05) is 6.61 Å². The van der Waals surface area contributed by atoms with Crippen LogP contribution in [0, 0.1) is 5.92 Å². The van der Waals surface area contributed by atoms with E-state index in [0.29, 0.717) is 4.57 Å². The maximum atomic E-state index is 12.8. The Hall–Kier alpha value is -2.67. The molecule has 0 bridgehead atoms. The number of carbonyl (C=O) groups is 1. The summed E-state index contributed by atoms with van der Waals surface area (Å²) in [6.45, 7) is -4.52. The van der Waals surface area contributed by atoms with E-state index < -0.39 is 49.3 Å². The van der Waals surface area contributed by atoms with Crippen molar-refractivity contribution in [1.82, 2.24) is 19.7 Å². The molecule has 1 fully saturated rings. The molecular formula is C22H27ClF2N4O6. The van der Waals surface area contributed by atoms with Crippen molar-refractivity contribution in [3.05, 3.63) is 55.8 Å². The lowest BCUT2D eigenvalue weighted by Crippen LogP contribution is -2.43. The zero-order valence-corrected chi connectivity index (χ0v) is 19.5. The summed E-state index contributed by atoms with van der Waals surface area (Å²) in [5.74, 6) is -0.716. The van der Waals surface area contributed by atoms with Crippen LogP contribution in [0.15, 0.2) is 34.0 Å². The van der Waals surface area contributed by atoms with Crippen molar-refractivity contribution in [1.29, 1.82) is 0 Å². The summed E-state index contributed by atoms with van der Waals surface area (Å²) < 4.78 is 29.8. The van der Waals surface area contributed by atoms with Crippen LogP contribution in [0.2, 0.25) is 5.02 Å². The minimum atomic E-state index is -3.12. The quantitative estimate of drug-likeness (QED) is 0.341. The van der Waals surface area contributed by atoms with Gasteiger partial charge in [-0.05, 0) is 31.0 Å². The summed E-state index contributed by atoms with van der Waals surface area (Å²) in [5.41, 5.74) is -1.77. The number of aliphatic hydroxyl groups is 2. The van der Waals surface area contributed by atoms with E-state index in [0.717, 1.165) is 49.4 Å². The number of hydrogen-bond donors (Lipinski definition) is 3. The fourth-order valence-electron chi connectivity index (χ4n) is 4.00. The predicted octanol–water partition coefficient (Wildman–Crippen LogP) is 1.67. The van der Waals surface area contributed by atoms with Gasteiger partial charge in [0.05, 0.1) is 35.5 Å². The van der Waals surface area contributed by atoms with Crippen LogP contribution < -0.4 is 16.6 Å². The summed E-state index contributed by atoms with van der Waals surface area (Å²) in [6.07, 6.45) is 3.92. The van der Waals surface area contributed by atoms with Crippen molar-refractivity contribution in [3.8, 4) is 5.69 Å². The zero-order chi connectivity index (χ0) is 25.5. The number of carbonyl (C=O) groups excluding carboxylic acids is 1. The molecule has 0 spiro atoms. The first kappa shape index (κ1) is 26.9. The first-order valence-electron chi connectivity index (χ1n) is 11.2. The Balaban J connectivity index is 1.82. The minimum Gasteiger partial charge on any atom is -0.389 e. The Morgan fingerprint density at radius 3 is 2.54 bits per heavy atom. The van der Waals surface area contributed by atoms with E-state index in [1.54, 1.807) is 0 Å². The summed E-state index contributed by atoms with van der Waals surface area (Å²) in [7, 11) is 0. The van der Waals surface area contributed by atoms with E-state index in [1.165, 1.54) is 18.2 Å². The molecule has 1 aliphatic carbocycles. The average molecular weight is 517 g/mol. The molecule has 3 rings (SSSR count). The fourth-order valence-corrected chi connectivity index (χ4v) is 4.21. The summed E-state index contributed by atoms with van der Waals surface area (Å²) in [4.78, 5) is 37.8. The standard InChI is InChI=1S/C22H27ClF2N4O6/c23-17-8-7-14(9-16(17)20(33)27-19(32)13-5-3-1-2-4-6-13)29-22(34)28(18(31)10-26-29)11-15(30)12-35-21(24)25/h7-10,13,15,19,21,30,32H,1-6,11-12H2,(H,27,33). The van der Waals surface area contributed by atoms with Crippen LogP contribution in [0.1, 0.15) is 48.9 Å². The molecule has 192 valence electrons. The van der Waals surface area contributed by atoms with Gasteiger partial charge < -0.3 is 20.3 Å². The highest BCUT2D eigenvalue weighted by Crippen LogP contribution is 2.25. The number of halogens is 3. The molecule has 1 aliphatic rings. The van der Waals surface area contributed by atoms with Gasteiger partial charge in [0, 0.05) is 5.92 Å². The van der Waals surface area contributed by atoms with Gasteiger partial charge >= 0.3 is 12.3 Å². The third kappa shape index (κ3) is 7.17. The van der Waals surface area contributed by atoms with Gasteiger partial charge in [0.2, 0.25) is 0 Å². The lowest BCUT2D eigenvalue weighted by atomic mass is 9.98. The number of hydrogen-bond acceptors (Lipinski definition) is 7. The summed E-state index contributed by atoms with van der Waals surface area (Å²) in [6, 6.07) is 4.02. The van der Waals surface area contributed by atoms with Crippen molar-refractivity contribution >= 4 is 17.5 Å². The average Bonchev–Trinajstić information content (AvgIpc) is 3.11. The Bertz CT molecular complexity index is 1130. The maximum Gasteiger partial charge on any atom is 0.352 e. The molecule has 1 amide bonds. The van der Waals surface area contributed by atoms with Gasteiger partial charge in [-0.1, -0.05) is 37.3 Å². The number of rotatable bonds is 9. The highest BCUT2D eigenvalue weighted by molar-refractivity contribution is 6.33. The second-order valence-corrected chi connectivity index (χ2v) is 8.78. The fraction of sp³-hybridized carbons (Fsp3) is 0.545. The maximum absolute atomic E-state index is 12.8. The van der Waals surface area contributed by atoms with Crippen molar-refractivity contribution in [2.24, 2.45) is 5.92 Å². The van der Waals surface area contributed by atoms with Gasteiger partial charge in [-0.25, -0.2) is 4.79 Å². The predicted molar refractivity (Wildman–Crippen MR) is 122 cm³/mol.